The number of carbonyl (C=O) groups excluding carboxylic acids is 1. The maximum absolute atomic E-state index is 11.8. The highest BCUT2D eigenvalue weighted by atomic mass is 16.5. The quantitative estimate of drug-likeness (QED) is 0.386. The number of esters is 1. The van der Waals surface area contributed by atoms with Crippen molar-refractivity contribution in [1.29, 1.82) is 0 Å². The molecule has 0 radical (unpaired) electrons. The molecule has 0 aliphatic rings. The van der Waals surface area contributed by atoms with Gasteiger partial charge in [-0.05, 0) is 34.1 Å². The van der Waals surface area contributed by atoms with Gasteiger partial charge < -0.3 is 14.2 Å². The molecule has 0 N–H and O–H groups in total. The third-order valence-corrected chi connectivity index (χ3v) is 2.83. The first-order valence-corrected chi connectivity index (χ1v) is 8.06. The standard InChI is InChI=1S/C16H33NO4/c1-6-7-10-21-16(18)13-17(8-11-19-14(2)3)9-12-20-15(4)5/h14-15H,6-13H2,1-5H3. The van der Waals surface area contributed by atoms with Crippen molar-refractivity contribution in [3.8, 4) is 0 Å². The van der Waals surface area contributed by atoms with Crippen LogP contribution < -0.4 is 0 Å². The lowest BCUT2D eigenvalue weighted by Crippen LogP contribution is -2.37. The zero-order valence-electron chi connectivity index (χ0n) is 14.4. The summed E-state index contributed by atoms with van der Waals surface area (Å²) in [5.41, 5.74) is 0. The molecule has 0 rings (SSSR count). The van der Waals surface area contributed by atoms with E-state index in [2.05, 4.69) is 6.92 Å². The Labute approximate surface area is 129 Å². The van der Waals surface area contributed by atoms with E-state index >= 15 is 0 Å². The highest BCUT2D eigenvalue weighted by Gasteiger charge is 2.12. The first kappa shape index (κ1) is 20.3. The van der Waals surface area contributed by atoms with Gasteiger partial charge in [0.1, 0.15) is 0 Å². The monoisotopic (exact) mass is 303 g/mol. The van der Waals surface area contributed by atoms with E-state index in [1.165, 1.54) is 0 Å². The Hall–Kier alpha value is -0.650. The van der Waals surface area contributed by atoms with E-state index < -0.39 is 0 Å². The Bertz CT molecular complexity index is 243. The number of unbranched alkanes of at least 4 members (excludes halogenated alkanes) is 1. The third kappa shape index (κ3) is 14.1. The molecule has 0 spiro atoms. The maximum Gasteiger partial charge on any atom is 0.320 e. The van der Waals surface area contributed by atoms with Crippen molar-refractivity contribution in [2.45, 2.75) is 59.7 Å². The summed E-state index contributed by atoms with van der Waals surface area (Å²) in [6.07, 6.45) is 2.35. The number of carbonyl (C=O) groups is 1. The summed E-state index contributed by atoms with van der Waals surface area (Å²) in [4.78, 5) is 13.8. The topological polar surface area (TPSA) is 48.0 Å². The van der Waals surface area contributed by atoms with Crippen LogP contribution in [0.5, 0.6) is 0 Å². The van der Waals surface area contributed by atoms with E-state index in [0.717, 1.165) is 12.8 Å². The highest BCUT2D eigenvalue weighted by molar-refractivity contribution is 5.71. The lowest BCUT2D eigenvalue weighted by atomic mass is 10.4. The van der Waals surface area contributed by atoms with Gasteiger partial charge in [-0.2, -0.15) is 0 Å². The van der Waals surface area contributed by atoms with Crippen molar-refractivity contribution in [2.24, 2.45) is 0 Å². The molecule has 0 aliphatic heterocycles. The predicted octanol–water partition coefficient (Wildman–Crippen LogP) is 2.48. The van der Waals surface area contributed by atoms with E-state index in [1.807, 2.05) is 32.6 Å². The fourth-order valence-electron chi connectivity index (χ4n) is 1.66. The zero-order valence-corrected chi connectivity index (χ0v) is 14.4. The Balaban J connectivity index is 4.06. The van der Waals surface area contributed by atoms with Crippen molar-refractivity contribution < 1.29 is 19.0 Å². The van der Waals surface area contributed by atoms with Crippen LogP contribution in [0.25, 0.3) is 0 Å². The fraction of sp³-hybridized carbons (Fsp3) is 0.938. The maximum atomic E-state index is 11.8. The summed E-state index contributed by atoms with van der Waals surface area (Å²) in [6, 6.07) is 0. The number of hydrogen-bond donors (Lipinski definition) is 0. The van der Waals surface area contributed by atoms with Gasteiger partial charge in [0.05, 0.1) is 38.6 Å². The summed E-state index contributed by atoms with van der Waals surface area (Å²) in [6.45, 7) is 13.6. The molecule has 0 heterocycles. The first-order chi connectivity index (χ1) is 9.95. The van der Waals surface area contributed by atoms with Gasteiger partial charge in [0.25, 0.3) is 0 Å². The van der Waals surface area contributed by atoms with Crippen molar-refractivity contribution in [3.63, 3.8) is 0 Å². The van der Waals surface area contributed by atoms with Crippen LogP contribution in [-0.4, -0.2) is 62.5 Å². The van der Waals surface area contributed by atoms with Gasteiger partial charge >= 0.3 is 5.97 Å². The van der Waals surface area contributed by atoms with Gasteiger partial charge in [-0.15, -0.1) is 0 Å². The molecule has 0 aromatic heterocycles. The van der Waals surface area contributed by atoms with E-state index in [1.54, 1.807) is 0 Å². The predicted molar refractivity (Wildman–Crippen MR) is 84.5 cm³/mol. The van der Waals surface area contributed by atoms with E-state index in [-0.39, 0.29) is 18.2 Å². The van der Waals surface area contributed by atoms with Crippen molar-refractivity contribution in [3.05, 3.63) is 0 Å². The second kappa shape index (κ2) is 13.0. The first-order valence-electron chi connectivity index (χ1n) is 8.06. The molecule has 0 bridgehead atoms. The second-order valence-electron chi connectivity index (χ2n) is 5.69. The van der Waals surface area contributed by atoms with Gasteiger partial charge in [0, 0.05) is 13.1 Å². The molecule has 0 saturated carbocycles. The van der Waals surface area contributed by atoms with E-state index in [0.29, 0.717) is 39.5 Å². The number of hydrogen-bond acceptors (Lipinski definition) is 5. The highest BCUT2D eigenvalue weighted by Crippen LogP contribution is 1.97. The molecule has 0 aromatic rings. The molecular weight excluding hydrogens is 270 g/mol. The molecule has 0 atom stereocenters. The summed E-state index contributed by atoms with van der Waals surface area (Å²) < 4.78 is 16.3. The summed E-state index contributed by atoms with van der Waals surface area (Å²) in [5.74, 6) is -0.169. The van der Waals surface area contributed by atoms with E-state index in [9.17, 15) is 4.79 Å². The van der Waals surface area contributed by atoms with Gasteiger partial charge in [0.2, 0.25) is 0 Å². The molecule has 0 saturated heterocycles. The second-order valence-corrected chi connectivity index (χ2v) is 5.69. The molecule has 5 nitrogen and oxygen atoms in total. The zero-order chi connectivity index (χ0) is 16.1. The van der Waals surface area contributed by atoms with Crippen LogP contribution in [0.4, 0.5) is 0 Å². The molecule has 21 heavy (non-hydrogen) atoms. The van der Waals surface area contributed by atoms with E-state index in [4.69, 9.17) is 14.2 Å². The van der Waals surface area contributed by atoms with Crippen LogP contribution >= 0.6 is 0 Å². The van der Waals surface area contributed by atoms with Gasteiger partial charge in [0.15, 0.2) is 0 Å². The molecule has 5 heteroatoms. The normalized spacial score (nSPS) is 11.6. The van der Waals surface area contributed by atoms with Crippen LogP contribution in [0.15, 0.2) is 0 Å². The average molecular weight is 303 g/mol. The smallest absolute Gasteiger partial charge is 0.320 e. The van der Waals surface area contributed by atoms with Crippen molar-refractivity contribution >= 4 is 5.97 Å². The molecule has 0 fully saturated rings. The van der Waals surface area contributed by atoms with Crippen LogP contribution in [0.2, 0.25) is 0 Å². The number of rotatable bonds is 13. The minimum atomic E-state index is -0.169. The lowest BCUT2D eigenvalue weighted by molar-refractivity contribution is -0.145. The fourth-order valence-corrected chi connectivity index (χ4v) is 1.66. The molecule has 0 aromatic carbocycles. The van der Waals surface area contributed by atoms with Crippen LogP contribution in [0.3, 0.4) is 0 Å². The summed E-state index contributed by atoms with van der Waals surface area (Å²) >= 11 is 0. The van der Waals surface area contributed by atoms with Crippen LogP contribution in [0, 0.1) is 0 Å². The van der Waals surface area contributed by atoms with Crippen molar-refractivity contribution in [2.75, 3.05) is 39.5 Å². The van der Waals surface area contributed by atoms with Crippen LogP contribution in [0.1, 0.15) is 47.5 Å². The molecule has 0 aliphatic carbocycles. The number of ether oxygens (including phenoxy) is 3. The van der Waals surface area contributed by atoms with Crippen LogP contribution in [-0.2, 0) is 19.0 Å². The average Bonchev–Trinajstić information content (AvgIpc) is 2.37. The lowest BCUT2D eigenvalue weighted by Gasteiger charge is -2.22. The third-order valence-electron chi connectivity index (χ3n) is 2.83. The molecule has 0 amide bonds. The SMILES string of the molecule is CCCCOC(=O)CN(CCOC(C)C)CCOC(C)C. The Morgan fingerprint density at radius 3 is 1.90 bits per heavy atom. The summed E-state index contributed by atoms with van der Waals surface area (Å²) in [5, 5.41) is 0. The summed E-state index contributed by atoms with van der Waals surface area (Å²) in [7, 11) is 0. The van der Waals surface area contributed by atoms with Gasteiger partial charge in [-0.1, -0.05) is 13.3 Å². The molecule has 0 unspecified atom stereocenters. The Morgan fingerprint density at radius 1 is 0.952 bits per heavy atom. The van der Waals surface area contributed by atoms with Crippen molar-refractivity contribution in [1.82, 2.24) is 4.90 Å². The molecular formula is C16H33NO4. The Morgan fingerprint density at radius 2 is 1.48 bits per heavy atom. The minimum absolute atomic E-state index is 0.169. The largest absolute Gasteiger partial charge is 0.465 e. The Kier molecular flexibility index (Phi) is 12.6. The van der Waals surface area contributed by atoms with Gasteiger partial charge in [-0.25, -0.2) is 0 Å². The molecule has 126 valence electrons. The number of nitrogens with zero attached hydrogens (tertiary/aromatic N) is 1. The van der Waals surface area contributed by atoms with Gasteiger partial charge in [-0.3, -0.25) is 9.69 Å². The minimum Gasteiger partial charge on any atom is -0.465 e.